The summed E-state index contributed by atoms with van der Waals surface area (Å²) in [5.41, 5.74) is 1.54. The molecule has 2 heterocycles. The normalized spacial score (nSPS) is 28.1. The average molecular weight is 293 g/mol. The Morgan fingerprint density at radius 3 is 2.80 bits per heavy atom. The van der Waals surface area contributed by atoms with E-state index in [1.165, 1.54) is 75.3 Å². The third kappa shape index (κ3) is 2.66. The fourth-order valence-electron chi connectivity index (χ4n) is 3.63. The molecule has 1 aliphatic carbocycles. The van der Waals surface area contributed by atoms with Crippen molar-refractivity contribution >= 4 is 11.3 Å². The predicted molar refractivity (Wildman–Crippen MR) is 85.5 cm³/mol. The Hall–Kier alpha value is -0.450. The highest BCUT2D eigenvalue weighted by atomic mass is 32.1. The third-order valence-corrected chi connectivity index (χ3v) is 6.48. The van der Waals surface area contributed by atoms with Crippen molar-refractivity contribution < 1.29 is 0 Å². The molecule has 1 saturated heterocycles. The minimum Gasteiger partial charge on any atom is -0.308 e. The van der Waals surface area contributed by atoms with Crippen LogP contribution >= 0.6 is 11.3 Å². The van der Waals surface area contributed by atoms with E-state index in [9.17, 15) is 0 Å². The van der Waals surface area contributed by atoms with E-state index in [0.717, 1.165) is 0 Å². The van der Waals surface area contributed by atoms with Crippen LogP contribution in [-0.4, -0.2) is 36.6 Å². The zero-order valence-corrected chi connectivity index (χ0v) is 13.7. The molecule has 3 nitrogen and oxygen atoms in total. The summed E-state index contributed by atoms with van der Waals surface area (Å²) >= 11 is 1.99. The van der Waals surface area contributed by atoms with Crippen molar-refractivity contribution in [3.63, 3.8) is 0 Å². The van der Waals surface area contributed by atoms with Gasteiger partial charge in [-0.1, -0.05) is 6.92 Å². The summed E-state index contributed by atoms with van der Waals surface area (Å²) < 4.78 is 0. The lowest BCUT2D eigenvalue weighted by atomic mass is 9.91. The molecule has 4 heteroatoms. The van der Waals surface area contributed by atoms with Crippen molar-refractivity contribution in [3.05, 3.63) is 15.6 Å². The van der Waals surface area contributed by atoms with Gasteiger partial charge in [-0.3, -0.25) is 0 Å². The van der Waals surface area contributed by atoms with E-state index < -0.39 is 0 Å². The van der Waals surface area contributed by atoms with Crippen molar-refractivity contribution in [1.29, 1.82) is 0 Å². The lowest BCUT2D eigenvalue weighted by Crippen LogP contribution is -2.41. The molecule has 1 aromatic heterocycles. The molecule has 1 atom stereocenters. The highest BCUT2D eigenvalue weighted by Crippen LogP contribution is 2.38. The van der Waals surface area contributed by atoms with Crippen LogP contribution in [0.1, 0.15) is 54.6 Å². The van der Waals surface area contributed by atoms with Gasteiger partial charge in [-0.05, 0) is 65.1 Å². The van der Waals surface area contributed by atoms with Crippen LogP contribution in [0.2, 0.25) is 0 Å². The monoisotopic (exact) mass is 293 g/mol. The zero-order valence-electron chi connectivity index (χ0n) is 12.9. The van der Waals surface area contributed by atoms with Gasteiger partial charge in [-0.25, -0.2) is 4.98 Å². The summed E-state index contributed by atoms with van der Waals surface area (Å²) in [7, 11) is 2.13. The number of fused-ring (bicyclic) bond motifs is 1. The molecule has 0 aromatic carbocycles. The minimum atomic E-state index is 0.131. The molecule has 3 rings (SSSR count). The molecule has 1 N–H and O–H groups in total. The summed E-state index contributed by atoms with van der Waals surface area (Å²) in [6, 6.07) is 0. The third-order valence-electron chi connectivity index (χ3n) is 5.11. The van der Waals surface area contributed by atoms with Gasteiger partial charge in [0.25, 0.3) is 0 Å². The zero-order chi connectivity index (χ0) is 14.0. The number of aromatic nitrogens is 1. The van der Waals surface area contributed by atoms with Gasteiger partial charge >= 0.3 is 0 Å². The van der Waals surface area contributed by atoms with Crippen LogP contribution in [0.25, 0.3) is 0 Å². The Morgan fingerprint density at radius 2 is 2.05 bits per heavy atom. The summed E-state index contributed by atoms with van der Waals surface area (Å²) in [6.45, 7) is 5.88. The molecular weight excluding hydrogens is 266 g/mol. The molecule has 0 amide bonds. The van der Waals surface area contributed by atoms with Gasteiger partial charge in [-0.2, -0.15) is 0 Å². The number of nitrogens with zero attached hydrogens (tertiary/aromatic N) is 2. The Morgan fingerprint density at radius 1 is 1.20 bits per heavy atom. The van der Waals surface area contributed by atoms with E-state index in [4.69, 9.17) is 4.98 Å². The Balaban J connectivity index is 1.86. The number of hydrogen-bond donors (Lipinski definition) is 1. The summed E-state index contributed by atoms with van der Waals surface area (Å²) in [5, 5.41) is 5.01. The molecule has 0 spiro atoms. The van der Waals surface area contributed by atoms with Crippen LogP contribution in [0, 0.1) is 0 Å². The van der Waals surface area contributed by atoms with E-state index in [1.807, 2.05) is 11.3 Å². The predicted octanol–water partition coefficient (Wildman–Crippen LogP) is 2.94. The standard InChI is InChI=1S/C16H27N3S/c1-3-19-11-6-9-16(17-2,10-12-19)15-18-13-7-4-5-8-14(13)20-15/h17H,3-12H2,1-2H3. The molecule has 0 saturated carbocycles. The van der Waals surface area contributed by atoms with Gasteiger partial charge in [0.2, 0.25) is 0 Å². The molecular formula is C16H27N3S. The largest absolute Gasteiger partial charge is 0.308 e. The lowest BCUT2D eigenvalue weighted by Gasteiger charge is -2.30. The SMILES string of the molecule is CCN1CCCC(NC)(c2nc3c(s2)CCCC3)CC1. The molecule has 0 bridgehead atoms. The molecule has 112 valence electrons. The molecule has 1 unspecified atom stereocenters. The first-order chi connectivity index (χ1) is 9.77. The molecule has 20 heavy (non-hydrogen) atoms. The first kappa shape index (κ1) is 14.5. The Bertz CT molecular complexity index is 433. The molecule has 0 radical (unpaired) electrons. The van der Waals surface area contributed by atoms with E-state index in [0.29, 0.717) is 0 Å². The van der Waals surface area contributed by atoms with E-state index >= 15 is 0 Å². The number of aryl methyl sites for hydroxylation is 2. The van der Waals surface area contributed by atoms with Gasteiger partial charge in [0.15, 0.2) is 0 Å². The first-order valence-electron chi connectivity index (χ1n) is 8.18. The van der Waals surface area contributed by atoms with E-state index in [-0.39, 0.29) is 5.54 Å². The van der Waals surface area contributed by atoms with Crippen molar-refractivity contribution in [1.82, 2.24) is 15.2 Å². The quantitative estimate of drug-likeness (QED) is 0.929. The fraction of sp³-hybridized carbons (Fsp3) is 0.812. The molecule has 2 aliphatic rings. The van der Waals surface area contributed by atoms with Crippen LogP contribution in [-0.2, 0) is 18.4 Å². The van der Waals surface area contributed by atoms with Crippen molar-refractivity contribution in [2.75, 3.05) is 26.7 Å². The lowest BCUT2D eigenvalue weighted by molar-refractivity contribution is 0.273. The van der Waals surface area contributed by atoms with Gasteiger partial charge < -0.3 is 10.2 Å². The number of thiazole rings is 1. The van der Waals surface area contributed by atoms with Gasteiger partial charge in [0.1, 0.15) is 5.01 Å². The van der Waals surface area contributed by atoms with Crippen molar-refractivity contribution in [3.8, 4) is 0 Å². The second-order valence-corrected chi connectivity index (χ2v) is 7.30. The second-order valence-electron chi connectivity index (χ2n) is 6.22. The van der Waals surface area contributed by atoms with Crippen molar-refractivity contribution in [2.45, 2.75) is 57.4 Å². The summed E-state index contributed by atoms with van der Waals surface area (Å²) in [5.74, 6) is 0. The van der Waals surface area contributed by atoms with Gasteiger partial charge in [-0.15, -0.1) is 11.3 Å². The molecule has 1 fully saturated rings. The molecule has 1 aliphatic heterocycles. The first-order valence-corrected chi connectivity index (χ1v) is 8.99. The maximum atomic E-state index is 5.05. The number of rotatable bonds is 3. The topological polar surface area (TPSA) is 28.2 Å². The summed E-state index contributed by atoms with van der Waals surface area (Å²) in [4.78, 5) is 9.19. The maximum absolute atomic E-state index is 5.05. The number of likely N-dealkylation sites (tertiary alicyclic amines) is 1. The van der Waals surface area contributed by atoms with Crippen LogP contribution < -0.4 is 5.32 Å². The van der Waals surface area contributed by atoms with Crippen LogP contribution in [0.15, 0.2) is 0 Å². The van der Waals surface area contributed by atoms with E-state index in [2.05, 4.69) is 24.2 Å². The second kappa shape index (κ2) is 6.12. The van der Waals surface area contributed by atoms with Crippen LogP contribution in [0.3, 0.4) is 0 Å². The van der Waals surface area contributed by atoms with E-state index in [1.54, 1.807) is 4.88 Å². The number of hydrogen-bond acceptors (Lipinski definition) is 4. The highest BCUT2D eigenvalue weighted by Gasteiger charge is 2.36. The highest BCUT2D eigenvalue weighted by molar-refractivity contribution is 7.11. The van der Waals surface area contributed by atoms with Gasteiger partial charge in [0.05, 0.1) is 11.2 Å². The fourth-order valence-corrected chi connectivity index (χ4v) is 5.04. The van der Waals surface area contributed by atoms with Crippen molar-refractivity contribution in [2.24, 2.45) is 0 Å². The summed E-state index contributed by atoms with van der Waals surface area (Å²) in [6.07, 6.45) is 8.84. The Kier molecular flexibility index (Phi) is 4.43. The van der Waals surface area contributed by atoms with Crippen LogP contribution in [0.5, 0.6) is 0 Å². The smallest absolute Gasteiger partial charge is 0.113 e. The molecule has 1 aromatic rings. The van der Waals surface area contributed by atoms with Crippen LogP contribution in [0.4, 0.5) is 0 Å². The minimum absolute atomic E-state index is 0.131. The van der Waals surface area contributed by atoms with Gasteiger partial charge in [0, 0.05) is 11.4 Å². The maximum Gasteiger partial charge on any atom is 0.113 e. The number of nitrogens with one attached hydrogen (secondary N) is 1. The average Bonchev–Trinajstić information content (AvgIpc) is 2.81. The Labute approximate surface area is 126 Å².